The Labute approximate surface area is 154 Å². The molecule has 2 aromatic carbocycles. The van der Waals surface area contributed by atoms with E-state index in [9.17, 15) is 0 Å². The lowest BCUT2D eigenvalue weighted by atomic mass is 9.86. The summed E-state index contributed by atoms with van der Waals surface area (Å²) in [6, 6.07) is 17.8. The van der Waals surface area contributed by atoms with Crippen molar-refractivity contribution < 1.29 is 4.74 Å². The molecule has 0 unspecified atom stereocenters. The topological polar surface area (TPSA) is 59.1 Å². The smallest absolute Gasteiger partial charge is 0.229 e. The molecule has 0 fully saturated rings. The second-order valence-electron chi connectivity index (χ2n) is 7.04. The van der Waals surface area contributed by atoms with E-state index in [1.165, 1.54) is 5.56 Å². The normalized spacial score (nSPS) is 11.1. The van der Waals surface area contributed by atoms with Gasteiger partial charge in [-0.1, -0.05) is 45.0 Å². The number of anilines is 4. The summed E-state index contributed by atoms with van der Waals surface area (Å²) in [6.07, 6.45) is 1.73. The molecule has 26 heavy (non-hydrogen) atoms. The van der Waals surface area contributed by atoms with Crippen LogP contribution in [0.4, 0.5) is 23.1 Å². The standard InChI is InChI=1S/C21H24N4O/c1-21(2,3)17-10-5-6-11-18(17)24-19-12-13-22-20(25-19)23-15-8-7-9-16(14-15)26-4/h5-14H,1-4H3,(H2,22,23,24,25). The Balaban J connectivity index is 1.82. The van der Waals surface area contributed by atoms with Gasteiger partial charge in [-0.2, -0.15) is 4.98 Å². The van der Waals surface area contributed by atoms with Crippen LogP contribution in [0.2, 0.25) is 0 Å². The molecular formula is C21H24N4O. The van der Waals surface area contributed by atoms with Gasteiger partial charge in [0.15, 0.2) is 0 Å². The highest BCUT2D eigenvalue weighted by atomic mass is 16.5. The molecule has 0 aliphatic heterocycles. The van der Waals surface area contributed by atoms with Gasteiger partial charge in [0.1, 0.15) is 11.6 Å². The predicted octanol–water partition coefficient (Wildman–Crippen LogP) is 5.27. The molecule has 1 aromatic heterocycles. The summed E-state index contributed by atoms with van der Waals surface area (Å²) >= 11 is 0. The van der Waals surface area contributed by atoms with Crippen molar-refractivity contribution in [2.45, 2.75) is 26.2 Å². The number of hydrogen-bond acceptors (Lipinski definition) is 5. The fourth-order valence-corrected chi connectivity index (χ4v) is 2.70. The minimum Gasteiger partial charge on any atom is -0.497 e. The van der Waals surface area contributed by atoms with Gasteiger partial charge in [-0.3, -0.25) is 0 Å². The Hall–Kier alpha value is -3.08. The molecule has 0 saturated carbocycles. The number of nitrogens with one attached hydrogen (secondary N) is 2. The lowest BCUT2D eigenvalue weighted by molar-refractivity contribution is 0.415. The highest BCUT2D eigenvalue weighted by Gasteiger charge is 2.17. The predicted molar refractivity (Wildman–Crippen MR) is 107 cm³/mol. The average Bonchev–Trinajstić information content (AvgIpc) is 2.62. The van der Waals surface area contributed by atoms with E-state index in [-0.39, 0.29) is 5.41 Å². The van der Waals surface area contributed by atoms with Crippen molar-refractivity contribution >= 4 is 23.1 Å². The van der Waals surface area contributed by atoms with Gasteiger partial charge >= 0.3 is 0 Å². The van der Waals surface area contributed by atoms with Crippen LogP contribution in [0.15, 0.2) is 60.8 Å². The Bertz CT molecular complexity index is 887. The van der Waals surface area contributed by atoms with E-state index in [0.717, 1.165) is 22.9 Å². The Kier molecular flexibility index (Phi) is 5.07. The van der Waals surface area contributed by atoms with Crippen molar-refractivity contribution in [1.82, 2.24) is 9.97 Å². The fourth-order valence-electron chi connectivity index (χ4n) is 2.70. The first-order valence-electron chi connectivity index (χ1n) is 8.56. The molecule has 0 radical (unpaired) electrons. The number of methoxy groups -OCH3 is 1. The molecular weight excluding hydrogens is 324 g/mol. The van der Waals surface area contributed by atoms with Gasteiger partial charge in [0.05, 0.1) is 7.11 Å². The number of aromatic nitrogens is 2. The van der Waals surface area contributed by atoms with Gasteiger partial charge in [-0.15, -0.1) is 0 Å². The van der Waals surface area contributed by atoms with Crippen LogP contribution in [0, 0.1) is 0 Å². The van der Waals surface area contributed by atoms with E-state index in [1.54, 1.807) is 13.3 Å². The lowest BCUT2D eigenvalue weighted by Crippen LogP contribution is -2.13. The first-order chi connectivity index (χ1) is 12.5. The molecule has 0 amide bonds. The van der Waals surface area contributed by atoms with Crippen molar-refractivity contribution in [3.05, 3.63) is 66.4 Å². The molecule has 134 valence electrons. The molecule has 0 spiro atoms. The first kappa shape index (κ1) is 17.7. The van der Waals surface area contributed by atoms with E-state index >= 15 is 0 Å². The van der Waals surface area contributed by atoms with E-state index in [2.05, 4.69) is 59.6 Å². The van der Waals surface area contributed by atoms with Crippen molar-refractivity contribution in [2.75, 3.05) is 17.7 Å². The summed E-state index contributed by atoms with van der Waals surface area (Å²) in [6.45, 7) is 6.59. The van der Waals surface area contributed by atoms with Gasteiger partial charge in [0.25, 0.3) is 0 Å². The van der Waals surface area contributed by atoms with Crippen molar-refractivity contribution in [2.24, 2.45) is 0 Å². The minimum absolute atomic E-state index is 0.0400. The molecule has 2 N–H and O–H groups in total. The summed E-state index contributed by atoms with van der Waals surface area (Å²) in [5.41, 5.74) is 3.20. The molecule has 5 heteroatoms. The van der Waals surface area contributed by atoms with Crippen molar-refractivity contribution in [3.8, 4) is 5.75 Å². The quantitative estimate of drug-likeness (QED) is 0.658. The molecule has 0 atom stereocenters. The van der Waals surface area contributed by atoms with Crippen molar-refractivity contribution in [1.29, 1.82) is 0 Å². The Morgan fingerprint density at radius 2 is 1.73 bits per heavy atom. The summed E-state index contributed by atoms with van der Waals surface area (Å²) < 4.78 is 5.25. The highest BCUT2D eigenvalue weighted by Crippen LogP contribution is 2.31. The summed E-state index contributed by atoms with van der Waals surface area (Å²) in [7, 11) is 1.65. The maximum absolute atomic E-state index is 5.25. The summed E-state index contributed by atoms with van der Waals surface area (Å²) in [5, 5.41) is 6.62. The molecule has 5 nitrogen and oxygen atoms in total. The molecule has 0 saturated heterocycles. The van der Waals surface area contributed by atoms with E-state index in [4.69, 9.17) is 4.74 Å². The van der Waals surface area contributed by atoms with Gasteiger partial charge in [-0.25, -0.2) is 4.98 Å². The molecule has 0 aliphatic carbocycles. The zero-order chi connectivity index (χ0) is 18.6. The van der Waals surface area contributed by atoms with Crippen LogP contribution >= 0.6 is 0 Å². The van der Waals surface area contributed by atoms with Crippen LogP contribution in [-0.4, -0.2) is 17.1 Å². The second-order valence-corrected chi connectivity index (χ2v) is 7.04. The second kappa shape index (κ2) is 7.44. The van der Waals surface area contributed by atoms with E-state index < -0.39 is 0 Å². The number of nitrogens with zero attached hydrogens (tertiary/aromatic N) is 2. The van der Waals surface area contributed by atoms with E-state index in [0.29, 0.717) is 5.95 Å². The number of benzene rings is 2. The van der Waals surface area contributed by atoms with Crippen LogP contribution in [0.25, 0.3) is 0 Å². The zero-order valence-electron chi connectivity index (χ0n) is 15.6. The van der Waals surface area contributed by atoms with Gasteiger partial charge in [-0.05, 0) is 35.2 Å². The van der Waals surface area contributed by atoms with E-state index in [1.807, 2.05) is 36.4 Å². The lowest BCUT2D eigenvalue weighted by Gasteiger charge is -2.23. The summed E-state index contributed by atoms with van der Waals surface area (Å²) in [4.78, 5) is 8.87. The highest BCUT2D eigenvalue weighted by molar-refractivity contribution is 5.64. The number of hydrogen-bond donors (Lipinski definition) is 2. The Morgan fingerprint density at radius 1 is 0.923 bits per heavy atom. The molecule has 0 aliphatic rings. The molecule has 3 aromatic rings. The van der Waals surface area contributed by atoms with Gasteiger partial charge in [0.2, 0.25) is 5.95 Å². The maximum Gasteiger partial charge on any atom is 0.229 e. The van der Waals surface area contributed by atoms with Crippen LogP contribution in [0.1, 0.15) is 26.3 Å². The third-order valence-corrected chi connectivity index (χ3v) is 3.98. The van der Waals surface area contributed by atoms with Crippen LogP contribution < -0.4 is 15.4 Å². The third-order valence-electron chi connectivity index (χ3n) is 3.98. The molecule has 1 heterocycles. The third kappa shape index (κ3) is 4.30. The minimum atomic E-state index is 0.0400. The van der Waals surface area contributed by atoms with Gasteiger partial charge in [0, 0.05) is 23.6 Å². The van der Waals surface area contributed by atoms with Crippen molar-refractivity contribution in [3.63, 3.8) is 0 Å². The Morgan fingerprint density at radius 3 is 2.50 bits per heavy atom. The fraction of sp³-hybridized carbons (Fsp3) is 0.238. The summed E-state index contributed by atoms with van der Waals surface area (Å²) in [5.74, 6) is 2.04. The number of rotatable bonds is 5. The first-order valence-corrected chi connectivity index (χ1v) is 8.56. The largest absolute Gasteiger partial charge is 0.497 e. The van der Waals surface area contributed by atoms with Crippen LogP contribution in [0.5, 0.6) is 5.75 Å². The van der Waals surface area contributed by atoms with Crippen LogP contribution in [-0.2, 0) is 5.41 Å². The maximum atomic E-state index is 5.25. The van der Waals surface area contributed by atoms with Gasteiger partial charge < -0.3 is 15.4 Å². The SMILES string of the molecule is COc1cccc(Nc2nccc(Nc3ccccc3C(C)(C)C)n2)c1. The van der Waals surface area contributed by atoms with Crippen LogP contribution in [0.3, 0.4) is 0 Å². The molecule has 0 bridgehead atoms. The average molecular weight is 348 g/mol. The zero-order valence-corrected chi connectivity index (χ0v) is 15.6. The molecule has 3 rings (SSSR count). The number of ether oxygens (including phenoxy) is 1. The monoisotopic (exact) mass is 348 g/mol. The number of para-hydroxylation sites is 1.